The van der Waals surface area contributed by atoms with Crippen LogP contribution in [0.1, 0.15) is 25.0 Å². The van der Waals surface area contributed by atoms with Crippen LogP contribution >= 0.6 is 0 Å². The second kappa shape index (κ2) is 11.4. The van der Waals surface area contributed by atoms with Crippen LogP contribution in [0.15, 0.2) is 77.0 Å². The molecule has 0 fully saturated rings. The summed E-state index contributed by atoms with van der Waals surface area (Å²) in [6.07, 6.45) is 1.06. The Balaban J connectivity index is 1.93. The third-order valence-electron chi connectivity index (χ3n) is 4.19. The SMILES string of the molecule is C=C(C)C(=O)OCCc1ccc(/N=N/c2cc(CCOC(=O)C(=C)C)ccc2O)cc1. The number of azo groups is 1. The number of aromatic hydroxyl groups is 1. The van der Waals surface area contributed by atoms with Gasteiger partial charge in [-0.05, 0) is 49.2 Å². The molecule has 0 saturated carbocycles. The number of rotatable bonds is 10. The van der Waals surface area contributed by atoms with Gasteiger partial charge in [-0.15, -0.1) is 5.11 Å². The van der Waals surface area contributed by atoms with Crippen molar-refractivity contribution in [3.63, 3.8) is 0 Å². The van der Waals surface area contributed by atoms with E-state index in [1.165, 1.54) is 6.07 Å². The van der Waals surface area contributed by atoms with Crippen molar-refractivity contribution in [3.05, 3.63) is 77.9 Å². The van der Waals surface area contributed by atoms with E-state index in [1.54, 1.807) is 38.1 Å². The van der Waals surface area contributed by atoms with E-state index in [-0.39, 0.29) is 19.0 Å². The molecular formula is C24H26N2O5. The standard InChI is InChI=1S/C24H26N2O5/c1-16(2)23(28)30-13-11-18-5-8-20(9-6-18)25-26-21-15-19(7-10-22(21)27)12-14-31-24(29)17(3)4/h5-10,15,27H,1,3,11-14H2,2,4H3/b26-25+. The minimum atomic E-state index is -0.434. The van der Waals surface area contributed by atoms with Crippen molar-refractivity contribution in [1.29, 1.82) is 0 Å². The fourth-order valence-corrected chi connectivity index (χ4v) is 2.42. The van der Waals surface area contributed by atoms with E-state index >= 15 is 0 Å². The van der Waals surface area contributed by atoms with E-state index in [2.05, 4.69) is 23.4 Å². The van der Waals surface area contributed by atoms with E-state index in [0.717, 1.165) is 11.1 Å². The Kier molecular flexibility index (Phi) is 8.69. The van der Waals surface area contributed by atoms with Crippen molar-refractivity contribution >= 4 is 23.3 Å². The molecule has 0 unspecified atom stereocenters. The fraction of sp³-hybridized carbons (Fsp3) is 0.250. The Morgan fingerprint density at radius 2 is 1.35 bits per heavy atom. The first kappa shape index (κ1) is 23.5. The largest absolute Gasteiger partial charge is 0.506 e. The van der Waals surface area contributed by atoms with Crippen LogP contribution in [0.2, 0.25) is 0 Å². The number of nitrogens with zero attached hydrogens (tertiary/aromatic N) is 2. The molecule has 2 aromatic carbocycles. The molecule has 0 atom stereocenters. The van der Waals surface area contributed by atoms with Crippen LogP contribution in [-0.2, 0) is 31.9 Å². The van der Waals surface area contributed by atoms with E-state index < -0.39 is 11.9 Å². The minimum Gasteiger partial charge on any atom is -0.506 e. The van der Waals surface area contributed by atoms with Gasteiger partial charge in [-0.25, -0.2) is 9.59 Å². The molecule has 31 heavy (non-hydrogen) atoms. The van der Waals surface area contributed by atoms with Gasteiger partial charge in [-0.1, -0.05) is 31.4 Å². The Labute approximate surface area is 181 Å². The molecule has 0 aliphatic rings. The lowest BCUT2D eigenvalue weighted by atomic mass is 10.1. The summed E-state index contributed by atoms with van der Waals surface area (Å²) in [5.74, 6) is -0.833. The van der Waals surface area contributed by atoms with E-state index in [9.17, 15) is 14.7 Å². The first-order valence-electron chi connectivity index (χ1n) is 9.74. The van der Waals surface area contributed by atoms with Crippen LogP contribution in [0.4, 0.5) is 11.4 Å². The Bertz CT molecular complexity index is 994. The summed E-state index contributed by atoms with van der Waals surface area (Å²) in [5, 5.41) is 18.3. The van der Waals surface area contributed by atoms with Gasteiger partial charge in [0.1, 0.15) is 11.4 Å². The van der Waals surface area contributed by atoms with Gasteiger partial charge in [-0.2, -0.15) is 5.11 Å². The number of carbonyl (C=O) groups is 2. The summed E-state index contributed by atoms with van der Waals surface area (Å²) in [5.41, 5.74) is 3.49. The lowest BCUT2D eigenvalue weighted by Gasteiger charge is -2.06. The maximum absolute atomic E-state index is 11.4. The molecule has 2 rings (SSSR count). The molecule has 0 heterocycles. The van der Waals surface area contributed by atoms with Crippen molar-refractivity contribution in [2.45, 2.75) is 26.7 Å². The quantitative estimate of drug-likeness (QED) is 0.325. The highest BCUT2D eigenvalue weighted by atomic mass is 16.5. The number of ether oxygens (including phenoxy) is 2. The molecule has 0 radical (unpaired) electrons. The van der Waals surface area contributed by atoms with Crippen molar-refractivity contribution in [2.75, 3.05) is 13.2 Å². The highest BCUT2D eigenvalue weighted by molar-refractivity contribution is 5.87. The van der Waals surface area contributed by atoms with Crippen LogP contribution in [-0.4, -0.2) is 30.3 Å². The number of hydrogen-bond donors (Lipinski definition) is 1. The molecule has 7 heteroatoms. The molecule has 0 aliphatic heterocycles. The number of esters is 2. The summed E-state index contributed by atoms with van der Waals surface area (Å²) in [6, 6.07) is 12.3. The van der Waals surface area contributed by atoms with E-state index in [0.29, 0.717) is 35.4 Å². The molecule has 7 nitrogen and oxygen atoms in total. The number of benzene rings is 2. The predicted octanol–water partition coefficient (Wildman–Crippen LogP) is 5.13. The highest BCUT2D eigenvalue weighted by Crippen LogP contribution is 2.29. The van der Waals surface area contributed by atoms with Gasteiger partial charge in [0.05, 0.1) is 18.9 Å². The lowest BCUT2D eigenvalue weighted by Crippen LogP contribution is -2.07. The predicted molar refractivity (Wildman–Crippen MR) is 118 cm³/mol. The van der Waals surface area contributed by atoms with Crippen LogP contribution in [0, 0.1) is 0 Å². The van der Waals surface area contributed by atoms with Gasteiger partial charge < -0.3 is 14.6 Å². The first-order chi connectivity index (χ1) is 14.8. The van der Waals surface area contributed by atoms with Crippen molar-refractivity contribution in [3.8, 4) is 5.75 Å². The van der Waals surface area contributed by atoms with Crippen molar-refractivity contribution in [1.82, 2.24) is 0 Å². The van der Waals surface area contributed by atoms with Crippen molar-refractivity contribution < 1.29 is 24.2 Å². The molecule has 0 amide bonds. The maximum atomic E-state index is 11.4. The summed E-state index contributed by atoms with van der Waals surface area (Å²) in [4.78, 5) is 22.8. The second-order valence-electron chi connectivity index (χ2n) is 7.02. The summed E-state index contributed by atoms with van der Waals surface area (Å²) in [6.45, 7) is 10.7. The van der Waals surface area contributed by atoms with Crippen LogP contribution in [0.5, 0.6) is 5.75 Å². The maximum Gasteiger partial charge on any atom is 0.333 e. The number of hydrogen-bond acceptors (Lipinski definition) is 7. The second-order valence-corrected chi connectivity index (χ2v) is 7.02. The summed E-state index contributed by atoms with van der Waals surface area (Å²) < 4.78 is 10.2. The molecule has 0 aromatic heterocycles. The molecule has 0 spiro atoms. The normalized spacial score (nSPS) is 10.6. The Hall–Kier alpha value is -3.74. The molecule has 162 valence electrons. The minimum absolute atomic E-state index is 0.00220. The van der Waals surface area contributed by atoms with Gasteiger partial charge >= 0.3 is 11.9 Å². The number of phenolic OH excluding ortho intramolecular Hbond substituents is 1. The zero-order valence-corrected chi connectivity index (χ0v) is 17.8. The molecule has 0 bridgehead atoms. The Morgan fingerprint density at radius 3 is 1.90 bits per heavy atom. The highest BCUT2D eigenvalue weighted by Gasteiger charge is 2.06. The van der Waals surface area contributed by atoms with Gasteiger partial charge in [0.2, 0.25) is 0 Å². The number of phenols is 1. The lowest BCUT2D eigenvalue weighted by molar-refractivity contribution is -0.139. The summed E-state index contributed by atoms with van der Waals surface area (Å²) in [7, 11) is 0. The third-order valence-corrected chi connectivity index (χ3v) is 4.19. The van der Waals surface area contributed by atoms with E-state index in [1.807, 2.05) is 12.1 Å². The average Bonchev–Trinajstić information content (AvgIpc) is 2.74. The zero-order valence-electron chi connectivity index (χ0n) is 17.8. The van der Waals surface area contributed by atoms with E-state index in [4.69, 9.17) is 9.47 Å². The summed E-state index contributed by atoms with van der Waals surface area (Å²) >= 11 is 0. The molecule has 0 aliphatic carbocycles. The molecule has 0 saturated heterocycles. The van der Waals surface area contributed by atoms with Crippen LogP contribution in [0.3, 0.4) is 0 Å². The molecular weight excluding hydrogens is 396 g/mol. The van der Waals surface area contributed by atoms with Crippen LogP contribution < -0.4 is 0 Å². The monoisotopic (exact) mass is 422 g/mol. The third kappa shape index (κ3) is 7.89. The van der Waals surface area contributed by atoms with Gasteiger partial charge in [0.15, 0.2) is 0 Å². The number of carbonyl (C=O) groups excluding carboxylic acids is 2. The fourth-order valence-electron chi connectivity index (χ4n) is 2.42. The first-order valence-corrected chi connectivity index (χ1v) is 9.74. The smallest absolute Gasteiger partial charge is 0.333 e. The van der Waals surface area contributed by atoms with Gasteiger partial charge in [0, 0.05) is 24.0 Å². The zero-order chi connectivity index (χ0) is 22.8. The van der Waals surface area contributed by atoms with Crippen molar-refractivity contribution in [2.24, 2.45) is 10.2 Å². The van der Waals surface area contributed by atoms with Crippen LogP contribution in [0.25, 0.3) is 0 Å². The molecule has 2 aromatic rings. The average molecular weight is 422 g/mol. The van der Waals surface area contributed by atoms with Gasteiger partial charge in [0.25, 0.3) is 0 Å². The van der Waals surface area contributed by atoms with Gasteiger partial charge in [-0.3, -0.25) is 0 Å². The molecule has 1 N–H and O–H groups in total. The topological polar surface area (TPSA) is 97.5 Å². The Morgan fingerprint density at radius 1 is 0.839 bits per heavy atom.